The van der Waals surface area contributed by atoms with E-state index < -0.39 is 0 Å². The van der Waals surface area contributed by atoms with Gasteiger partial charge in [0, 0.05) is 31.1 Å². The maximum atomic E-state index is 13.9. The van der Waals surface area contributed by atoms with E-state index in [2.05, 4.69) is 19.8 Å². The van der Waals surface area contributed by atoms with E-state index in [1.165, 1.54) is 58.4 Å². The summed E-state index contributed by atoms with van der Waals surface area (Å²) >= 11 is 0. The highest BCUT2D eigenvalue weighted by Gasteiger charge is 2.27. The Labute approximate surface area is 141 Å². The zero-order valence-corrected chi connectivity index (χ0v) is 14.0. The molecule has 2 aliphatic rings. The number of likely N-dealkylation sites (tertiary alicyclic amines) is 1. The second kappa shape index (κ2) is 6.51. The van der Waals surface area contributed by atoms with Crippen molar-refractivity contribution in [1.82, 2.24) is 14.9 Å². The standard InChI is InChI=1S/C18H23FN4O/c1-24-17-8-14-16(9-15(17)19)20-12-21-18(14)23-7-4-13(11-23)10-22-5-2-3-6-22/h8-9,12-13H,2-7,10-11H2,1H3. The summed E-state index contributed by atoms with van der Waals surface area (Å²) in [6, 6.07) is 3.14. The van der Waals surface area contributed by atoms with Crippen molar-refractivity contribution in [2.45, 2.75) is 19.3 Å². The van der Waals surface area contributed by atoms with Crippen LogP contribution < -0.4 is 9.64 Å². The fourth-order valence-corrected chi connectivity index (χ4v) is 3.96. The molecule has 2 aliphatic heterocycles. The predicted molar refractivity (Wildman–Crippen MR) is 92.0 cm³/mol. The highest BCUT2D eigenvalue weighted by atomic mass is 19.1. The van der Waals surface area contributed by atoms with Crippen molar-refractivity contribution in [2.24, 2.45) is 5.92 Å². The van der Waals surface area contributed by atoms with Gasteiger partial charge in [-0.2, -0.15) is 0 Å². The SMILES string of the molecule is COc1cc2c(N3CCC(CN4CCCC4)C3)ncnc2cc1F. The molecule has 2 aromatic rings. The zero-order valence-electron chi connectivity index (χ0n) is 14.0. The second-order valence-electron chi connectivity index (χ2n) is 6.81. The molecular weight excluding hydrogens is 307 g/mol. The molecule has 1 aromatic carbocycles. The summed E-state index contributed by atoms with van der Waals surface area (Å²) in [5, 5.41) is 0.859. The van der Waals surface area contributed by atoms with Crippen molar-refractivity contribution >= 4 is 16.7 Å². The average Bonchev–Trinajstić information content (AvgIpc) is 3.26. The maximum absolute atomic E-state index is 13.9. The van der Waals surface area contributed by atoms with E-state index in [0.29, 0.717) is 11.4 Å². The van der Waals surface area contributed by atoms with E-state index in [0.717, 1.165) is 24.3 Å². The molecule has 1 unspecified atom stereocenters. The monoisotopic (exact) mass is 330 g/mol. The number of halogens is 1. The lowest BCUT2D eigenvalue weighted by Crippen LogP contribution is -2.29. The van der Waals surface area contributed by atoms with E-state index in [1.54, 1.807) is 6.07 Å². The Morgan fingerprint density at radius 3 is 2.83 bits per heavy atom. The summed E-state index contributed by atoms with van der Waals surface area (Å²) in [6.45, 7) is 5.65. The van der Waals surface area contributed by atoms with Crippen LogP contribution in [0.4, 0.5) is 10.2 Å². The number of aromatic nitrogens is 2. The van der Waals surface area contributed by atoms with Crippen molar-refractivity contribution in [3.8, 4) is 5.75 Å². The van der Waals surface area contributed by atoms with Gasteiger partial charge in [-0.3, -0.25) is 0 Å². The minimum atomic E-state index is -0.386. The van der Waals surface area contributed by atoms with Crippen LogP contribution in [0.5, 0.6) is 5.75 Å². The van der Waals surface area contributed by atoms with Crippen molar-refractivity contribution in [2.75, 3.05) is 44.7 Å². The Kier molecular flexibility index (Phi) is 4.22. The molecule has 5 nitrogen and oxygen atoms in total. The summed E-state index contributed by atoms with van der Waals surface area (Å²) in [5.74, 6) is 1.42. The van der Waals surface area contributed by atoms with Crippen LogP contribution in [0, 0.1) is 11.7 Å². The lowest BCUT2D eigenvalue weighted by atomic mass is 10.1. The number of nitrogens with zero attached hydrogens (tertiary/aromatic N) is 4. The summed E-state index contributed by atoms with van der Waals surface area (Å²) in [5.41, 5.74) is 0.626. The number of anilines is 1. The molecular formula is C18H23FN4O. The molecule has 0 amide bonds. The van der Waals surface area contributed by atoms with Gasteiger partial charge >= 0.3 is 0 Å². The minimum absolute atomic E-state index is 0.242. The lowest BCUT2D eigenvalue weighted by molar-refractivity contribution is 0.289. The first-order chi connectivity index (χ1) is 11.7. The molecule has 1 atom stereocenters. The van der Waals surface area contributed by atoms with Gasteiger partial charge in [0.15, 0.2) is 11.6 Å². The summed E-state index contributed by atoms with van der Waals surface area (Å²) < 4.78 is 19.0. The lowest BCUT2D eigenvalue weighted by Gasteiger charge is -2.22. The molecule has 6 heteroatoms. The molecule has 128 valence electrons. The van der Waals surface area contributed by atoms with Gasteiger partial charge in [-0.25, -0.2) is 14.4 Å². The quantitative estimate of drug-likeness (QED) is 0.862. The molecule has 2 saturated heterocycles. The maximum Gasteiger partial charge on any atom is 0.167 e. The predicted octanol–water partition coefficient (Wildman–Crippen LogP) is 2.70. The number of hydrogen-bond donors (Lipinski definition) is 0. The van der Waals surface area contributed by atoms with Crippen LogP contribution in [-0.4, -0.2) is 54.7 Å². The highest BCUT2D eigenvalue weighted by Crippen LogP contribution is 2.32. The van der Waals surface area contributed by atoms with Crippen LogP contribution in [-0.2, 0) is 0 Å². The Morgan fingerprint density at radius 2 is 2.04 bits per heavy atom. The largest absolute Gasteiger partial charge is 0.494 e. The van der Waals surface area contributed by atoms with Crippen LogP contribution in [0.3, 0.4) is 0 Å². The van der Waals surface area contributed by atoms with Crippen molar-refractivity contribution in [3.63, 3.8) is 0 Å². The smallest absolute Gasteiger partial charge is 0.167 e. The number of hydrogen-bond acceptors (Lipinski definition) is 5. The number of rotatable bonds is 4. The fraction of sp³-hybridized carbons (Fsp3) is 0.556. The van der Waals surface area contributed by atoms with E-state index in [-0.39, 0.29) is 11.6 Å². The van der Waals surface area contributed by atoms with Crippen LogP contribution >= 0.6 is 0 Å². The van der Waals surface area contributed by atoms with Crippen molar-refractivity contribution < 1.29 is 9.13 Å². The molecule has 0 saturated carbocycles. The third-order valence-corrected chi connectivity index (χ3v) is 5.19. The Morgan fingerprint density at radius 1 is 1.21 bits per heavy atom. The summed E-state index contributed by atoms with van der Waals surface area (Å²) in [7, 11) is 1.48. The van der Waals surface area contributed by atoms with Gasteiger partial charge < -0.3 is 14.5 Å². The first kappa shape index (κ1) is 15.6. The van der Waals surface area contributed by atoms with Crippen LogP contribution in [0.25, 0.3) is 10.9 Å². The zero-order chi connectivity index (χ0) is 16.5. The van der Waals surface area contributed by atoms with E-state index in [1.807, 2.05) is 0 Å². The molecule has 1 aromatic heterocycles. The van der Waals surface area contributed by atoms with E-state index in [9.17, 15) is 4.39 Å². The minimum Gasteiger partial charge on any atom is -0.494 e. The number of fused-ring (bicyclic) bond motifs is 1. The van der Waals surface area contributed by atoms with Gasteiger partial charge in [-0.05, 0) is 44.3 Å². The van der Waals surface area contributed by atoms with Crippen LogP contribution in [0.2, 0.25) is 0 Å². The van der Waals surface area contributed by atoms with Gasteiger partial charge in [0.2, 0.25) is 0 Å². The number of methoxy groups -OCH3 is 1. The molecule has 0 N–H and O–H groups in total. The van der Waals surface area contributed by atoms with Crippen LogP contribution in [0.1, 0.15) is 19.3 Å². The summed E-state index contributed by atoms with van der Waals surface area (Å²) in [4.78, 5) is 13.6. The molecule has 0 aliphatic carbocycles. The van der Waals surface area contributed by atoms with Crippen LogP contribution in [0.15, 0.2) is 18.5 Å². The van der Waals surface area contributed by atoms with Gasteiger partial charge in [0.25, 0.3) is 0 Å². The number of benzene rings is 1. The third-order valence-electron chi connectivity index (χ3n) is 5.19. The fourth-order valence-electron chi connectivity index (χ4n) is 3.96. The Balaban J connectivity index is 1.57. The van der Waals surface area contributed by atoms with Gasteiger partial charge in [-0.15, -0.1) is 0 Å². The summed E-state index contributed by atoms with van der Waals surface area (Å²) in [6.07, 6.45) is 5.37. The first-order valence-corrected chi connectivity index (χ1v) is 8.70. The van der Waals surface area contributed by atoms with Crippen molar-refractivity contribution in [1.29, 1.82) is 0 Å². The van der Waals surface area contributed by atoms with E-state index in [4.69, 9.17) is 4.74 Å². The highest BCUT2D eigenvalue weighted by molar-refractivity contribution is 5.90. The average molecular weight is 330 g/mol. The Bertz CT molecular complexity index is 732. The molecule has 3 heterocycles. The first-order valence-electron chi connectivity index (χ1n) is 8.70. The second-order valence-corrected chi connectivity index (χ2v) is 6.81. The topological polar surface area (TPSA) is 41.5 Å². The van der Waals surface area contributed by atoms with E-state index >= 15 is 0 Å². The molecule has 24 heavy (non-hydrogen) atoms. The molecule has 0 bridgehead atoms. The molecule has 0 radical (unpaired) electrons. The molecule has 4 rings (SSSR count). The Hall–Kier alpha value is -1.95. The normalized spacial score (nSPS) is 21.8. The third kappa shape index (κ3) is 2.90. The molecule has 2 fully saturated rings. The van der Waals surface area contributed by atoms with Gasteiger partial charge in [0.1, 0.15) is 12.1 Å². The van der Waals surface area contributed by atoms with Crippen molar-refractivity contribution in [3.05, 3.63) is 24.3 Å². The van der Waals surface area contributed by atoms with Gasteiger partial charge in [0.05, 0.1) is 12.6 Å². The molecule has 0 spiro atoms. The number of ether oxygens (including phenoxy) is 1. The van der Waals surface area contributed by atoms with Gasteiger partial charge in [-0.1, -0.05) is 0 Å².